The van der Waals surface area contributed by atoms with Crippen LogP contribution in [0.4, 0.5) is 4.39 Å². The minimum absolute atomic E-state index is 0.357. The van der Waals surface area contributed by atoms with E-state index in [1.807, 2.05) is 0 Å². The van der Waals surface area contributed by atoms with Crippen LogP contribution in [0, 0.1) is 5.82 Å². The molecule has 20 heavy (non-hydrogen) atoms. The quantitative estimate of drug-likeness (QED) is 0.889. The van der Waals surface area contributed by atoms with Gasteiger partial charge in [0.1, 0.15) is 5.82 Å². The maximum Gasteiger partial charge on any atom is 0.124 e. The summed E-state index contributed by atoms with van der Waals surface area (Å²) in [5.74, 6) is -0.357. The Morgan fingerprint density at radius 3 is 2.90 bits per heavy atom. The lowest BCUT2D eigenvalue weighted by Crippen LogP contribution is -2.19. The lowest BCUT2D eigenvalue weighted by Gasteiger charge is -2.16. The topological polar surface area (TPSA) is 53.1 Å². The van der Waals surface area contributed by atoms with Gasteiger partial charge in [-0.1, -0.05) is 27.5 Å². The van der Waals surface area contributed by atoms with Gasteiger partial charge in [-0.2, -0.15) is 5.10 Å². The van der Waals surface area contributed by atoms with Crippen molar-refractivity contribution >= 4 is 27.5 Å². The van der Waals surface area contributed by atoms with Crippen LogP contribution >= 0.6 is 27.5 Å². The molecular weight excluding hydrogens is 349 g/mol. The summed E-state index contributed by atoms with van der Waals surface area (Å²) in [6.45, 7) is 1.02. The van der Waals surface area contributed by atoms with Gasteiger partial charge in [0.25, 0.3) is 0 Å². The van der Waals surface area contributed by atoms with Crippen LogP contribution in [0.25, 0.3) is 0 Å². The molecule has 0 spiro atoms. The van der Waals surface area contributed by atoms with E-state index < -0.39 is 6.04 Å². The molecule has 2 aromatic rings. The Morgan fingerprint density at radius 2 is 2.25 bits per heavy atom. The number of ether oxygens (including phenoxy) is 1. The van der Waals surface area contributed by atoms with Crippen molar-refractivity contribution in [2.45, 2.75) is 12.6 Å². The van der Waals surface area contributed by atoms with Crippen LogP contribution in [0.15, 0.2) is 28.9 Å². The van der Waals surface area contributed by atoms with E-state index in [1.54, 1.807) is 17.9 Å². The molecule has 2 rings (SSSR count). The third-order valence-electron chi connectivity index (χ3n) is 2.88. The van der Waals surface area contributed by atoms with Crippen LogP contribution in [0.2, 0.25) is 5.02 Å². The van der Waals surface area contributed by atoms with Crippen molar-refractivity contribution in [2.24, 2.45) is 5.73 Å². The van der Waals surface area contributed by atoms with E-state index in [0.717, 1.165) is 0 Å². The van der Waals surface area contributed by atoms with Gasteiger partial charge in [0.2, 0.25) is 0 Å². The summed E-state index contributed by atoms with van der Waals surface area (Å²) < 4.78 is 20.8. The molecule has 1 heterocycles. The van der Waals surface area contributed by atoms with Gasteiger partial charge in [-0.15, -0.1) is 0 Å². The lowest BCUT2D eigenvalue weighted by atomic mass is 10.0. The second kappa shape index (κ2) is 6.67. The van der Waals surface area contributed by atoms with Crippen molar-refractivity contribution in [3.8, 4) is 0 Å². The van der Waals surface area contributed by atoms with E-state index in [9.17, 15) is 4.39 Å². The SMILES string of the molecule is COCCn1ncc(Cl)c1C(N)c1cc(F)cc(Br)c1. The molecule has 0 saturated heterocycles. The van der Waals surface area contributed by atoms with Crippen molar-refractivity contribution < 1.29 is 9.13 Å². The Balaban J connectivity index is 2.36. The number of nitrogens with two attached hydrogens (primary N) is 1. The smallest absolute Gasteiger partial charge is 0.124 e. The van der Waals surface area contributed by atoms with E-state index >= 15 is 0 Å². The summed E-state index contributed by atoms with van der Waals surface area (Å²) in [4.78, 5) is 0. The molecule has 2 N–H and O–H groups in total. The van der Waals surface area contributed by atoms with Crippen molar-refractivity contribution in [3.05, 3.63) is 51.0 Å². The van der Waals surface area contributed by atoms with Crippen molar-refractivity contribution in [1.82, 2.24) is 9.78 Å². The van der Waals surface area contributed by atoms with E-state index in [2.05, 4.69) is 21.0 Å². The van der Waals surface area contributed by atoms with Crippen molar-refractivity contribution in [2.75, 3.05) is 13.7 Å². The summed E-state index contributed by atoms with van der Waals surface area (Å²) in [6, 6.07) is 3.96. The Morgan fingerprint density at radius 1 is 1.50 bits per heavy atom. The standard InChI is InChI=1S/C13H14BrClFN3O/c1-20-3-2-19-13(11(15)7-18-19)12(17)8-4-9(14)6-10(16)5-8/h4-7,12H,2-3,17H2,1H3. The predicted molar refractivity (Wildman–Crippen MR) is 79.2 cm³/mol. The van der Waals surface area contributed by atoms with Crippen LogP contribution in [-0.4, -0.2) is 23.5 Å². The zero-order valence-electron chi connectivity index (χ0n) is 10.8. The minimum Gasteiger partial charge on any atom is -0.383 e. The Kier molecular flexibility index (Phi) is 5.15. The van der Waals surface area contributed by atoms with Gasteiger partial charge in [-0.05, 0) is 23.8 Å². The largest absolute Gasteiger partial charge is 0.383 e. The molecule has 108 valence electrons. The second-order valence-corrected chi connectivity index (χ2v) is 5.60. The average Bonchev–Trinajstić information content (AvgIpc) is 2.75. The van der Waals surface area contributed by atoms with E-state index in [0.29, 0.717) is 33.9 Å². The second-order valence-electron chi connectivity index (χ2n) is 4.27. The molecule has 0 saturated carbocycles. The van der Waals surface area contributed by atoms with Crippen LogP contribution in [-0.2, 0) is 11.3 Å². The highest BCUT2D eigenvalue weighted by Gasteiger charge is 2.19. The molecule has 0 aliphatic heterocycles. The highest BCUT2D eigenvalue weighted by atomic mass is 79.9. The first-order valence-corrected chi connectivity index (χ1v) is 7.11. The number of hydrogen-bond donors (Lipinski definition) is 1. The number of halogens is 3. The number of aromatic nitrogens is 2. The highest BCUT2D eigenvalue weighted by molar-refractivity contribution is 9.10. The molecule has 1 atom stereocenters. The molecule has 4 nitrogen and oxygen atoms in total. The molecule has 7 heteroatoms. The highest BCUT2D eigenvalue weighted by Crippen LogP contribution is 2.28. The molecule has 1 aromatic carbocycles. The van der Waals surface area contributed by atoms with Crippen molar-refractivity contribution in [1.29, 1.82) is 0 Å². The van der Waals surface area contributed by atoms with Crippen LogP contribution in [0.3, 0.4) is 0 Å². The Bertz CT molecular complexity index is 585. The van der Waals surface area contributed by atoms with Gasteiger partial charge in [-0.3, -0.25) is 4.68 Å². The molecule has 0 aliphatic rings. The average molecular weight is 363 g/mol. The first-order valence-electron chi connectivity index (χ1n) is 5.94. The van der Waals surface area contributed by atoms with Crippen LogP contribution in [0.1, 0.15) is 17.3 Å². The molecule has 0 fully saturated rings. The molecule has 0 radical (unpaired) electrons. The normalized spacial score (nSPS) is 12.7. The molecule has 1 unspecified atom stereocenters. The zero-order chi connectivity index (χ0) is 14.7. The molecule has 0 bridgehead atoms. The fourth-order valence-electron chi connectivity index (χ4n) is 1.95. The third kappa shape index (κ3) is 3.38. The van der Waals surface area contributed by atoms with E-state index in [1.165, 1.54) is 18.3 Å². The number of nitrogens with zero attached hydrogens (tertiary/aromatic N) is 2. The maximum atomic E-state index is 13.5. The summed E-state index contributed by atoms with van der Waals surface area (Å²) in [7, 11) is 1.61. The van der Waals surface area contributed by atoms with Gasteiger partial charge in [0, 0.05) is 11.6 Å². The molecule has 0 amide bonds. The monoisotopic (exact) mass is 361 g/mol. The lowest BCUT2D eigenvalue weighted by molar-refractivity contribution is 0.182. The van der Waals surface area contributed by atoms with Gasteiger partial charge in [0.05, 0.1) is 36.1 Å². The summed E-state index contributed by atoms with van der Waals surface area (Å²) in [5, 5.41) is 4.62. The number of methoxy groups -OCH3 is 1. The van der Waals surface area contributed by atoms with E-state index in [4.69, 9.17) is 22.1 Å². The maximum absolute atomic E-state index is 13.5. The number of benzene rings is 1. The predicted octanol–water partition coefficient (Wildman–Crippen LogP) is 3.13. The van der Waals surface area contributed by atoms with E-state index in [-0.39, 0.29) is 5.82 Å². The molecular formula is C13H14BrClFN3O. The van der Waals surface area contributed by atoms with Gasteiger partial charge < -0.3 is 10.5 Å². The van der Waals surface area contributed by atoms with Crippen LogP contribution < -0.4 is 5.73 Å². The van der Waals surface area contributed by atoms with Gasteiger partial charge in [0.15, 0.2) is 0 Å². The van der Waals surface area contributed by atoms with Gasteiger partial charge >= 0.3 is 0 Å². The summed E-state index contributed by atoms with van der Waals surface area (Å²) in [6.07, 6.45) is 1.53. The number of hydrogen-bond acceptors (Lipinski definition) is 3. The molecule has 0 aliphatic carbocycles. The fraction of sp³-hybridized carbons (Fsp3) is 0.308. The third-order valence-corrected chi connectivity index (χ3v) is 3.63. The molecule has 1 aromatic heterocycles. The van der Waals surface area contributed by atoms with Gasteiger partial charge in [-0.25, -0.2) is 4.39 Å². The summed E-state index contributed by atoms with van der Waals surface area (Å²) >= 11 is 9.39. The zero-order valence-corrected chi connectivity index (χ0v) is 13.2. The van der Waals surface area contributed by atoms with Crippen molar-refractivity contribution in [3.63, 3.8) is 0 Å². The summed E-state index contributed by atoms with van der Waals surface area (Å²) in [5.41, 5.74) is 7.46. The Labute approximate surface area is 129 Å². The number of rotatable bonds is 5. The first kappa shape index (κ1) is 15.4. The minimum atomic E-state index is -0.561. The fourth-order valence-corrected chi connectivity index (χ4v) is 2.69. The Hall–Kier alpha value is -0.950. The first-order chi connectivity index (χ1) is 9.52. The van der Waals surface area contributed by atoms with Crippen LogP contribution in [0.5, 0.6) is 0 Å².